The molecule has 0 bridgehead atoms. The number of ether oxygens (including phenoxy) is 2. The van der Waals surface area contributed by atoms with Gasteiger partial charge >= 0.3 is 6.09 Å². The lowest BCUT2D eigenvalue weighted by Crippen LogP contribution is -2.56. The van der Waals surface area contributed by atoms with E-state index in [2.05, 4.69) is 34.4 Å². The summed E-state index contributed by atoms with van der Waals surface area (Å²) in [5.41, 5.74) is 1.71. The number of hydrogen-bond donors (Lipinski definition) is 2. The van der Waals surface area contributed by atoms with Gasteiger partial charge in [-0.1, -0.05) is 6.07 Å². The van der Waals surface area contributed by atoms with Gasteiger partial charge in [-0.05, 0) is 77.4 Å². The van der Waals surface area contributed by atoms with Crippen LogP contribution in [-0.2, 0) is 14.3 Å². The third-order valence-electron chi connectivity index (χ3n) is 6.84. The van der Waals surface area contributed by atoms with E-state index in [9.17, 15) is 14.4 Å². The van der Waals surface area contributed by atoms with E-state index in [4.69, 9.17) is 14.5 Å². The Morgan fingerprint density at radius 2 is 1.69 bits per heavy atom. The highest BCUT2D eigenvalue weighted by atomic mass is 32.1. The van der Waals surface area contributed by atoms with Crippen LogP contribution in [0.3, 0.4) is 0 Å². The van der Waals surface area contributed by atoms with Crippen molar-refractivity contribution < 1.29 is 23.9 Å². The zero-order valence-corrected chi connectivity index (χ0v) is 25.2. The van der Waals surface area contributed by atoms with Gasteiger partial charge in [0.15, 0.2) is 5.13 Å². The first kappa shape index (κ1) is 29.5. The molecule has 0 aliphatic carbocycles. The summed E-state index contributed by atoms with van der Waals surface area (Å²) in [6.07, 6.45) is 0.238. The summed E-state index contributed by atoms with van der Waals surface area (Å²) in [4.78, 5) is 51.3. The lowest BCUT2D eigenvalue weighted by Gasteiger charge is -2.39. The topological polar surface area (TPSA) is 126 Å². The van der Waals surface area contributed by atoms with Gasteiger partial charge in [0.1, 0.15) is 23.2 Å². The number of anilines is 3. The Morgan fingerprint density at radius 3 is 2.33 bits per heavy atom. The molecule has 2 aromatic heterocycles. The first-order valence-corrected chi connectivity index (χ1v) is 14.9. The van der Waals surface area contributed by atoms with E-state index >= 15 is 0 Å². The van der Waals surface area contributed by atoms with Crippen molar-refractivity contribution in [2.24, 2.45) is 0 Å². The lowest BCUT2D eigenvalue weighted by atomic mass is 10.00. The van der Waals surface area contributed by atoms with Crippen molar-refractivity contribution in [3.63, 3.8) is 0 Å². The maximum absolute atomic E-state index is 13.1. The summed E-state index contributed by atoms with van der Waals surface area (Å²) in [6, 6.07) is 11.8. The Bertz CT molecular complexity index is 1440. The number of nitrogens with zero attached hydrogens (tertiary/aromatic N) is 4. The van der Waals surface area contributed by atoms with Crippen LogP contribution in [0.2, 0.25) is 0 Å². The molecule has 0 unspecified atom stereocenters. The minimum absolute atomic E-state index is 0.124. The van der Waals surface area contributed by atoms with Crippen molar-refractivity contribution in [1.82, 2.24) is 14.9 Å². The normalized spacial score (nSPS) is 20.5. The van der Waals surface area contributed by atoms with Gasteiger partial charge in [0, 0.05) is 36.3 Å². The molecule has 42 heavy (non-hydrogen) atoms. The summed E-state index contributed by atoms with van der Waals surface area (Å²) >= 11 is 1.32. The van der Waals surface area contributed by atoms with Crippen molar-refractivity contribution >= 4 is 45.9 Å². The summed E-state index contributed by atoms with van der Waals surface area (Å²) in [5, 5.41) is 7.83. The van der Waals surface area contributed by atoms with E-state index in [0.29, 0.717) is 35.0 Å². The Labute approximate surface area is 249 Å². The van der Waals surface area contributed by atoms with Crippen molar-refractivity contribution in [2.75, 3.05) is 35.2 Å². The molecule has 2 fully saturated rings. The Hall–Kier alpha value is -4.03. The zero-order chi connectivity index (χ0) is 30.0. The highest BCUT2D eigenvalue weighted by molar-refractivity contribution is 7.14. The Morgan fingerprint density at radius 1 is 0.976 bits per heavy atom. The van der Waals surface area contributed by atoms with Crippen LogP contribution in [0.1, 0.15) is 51.4 Å². The van der Waals surface area contributed by atoms with Gasteiger partial charge in [0.05, 0.1) is 17.9 Å². The molecule has 1 aromatic carbocycles. The van der Waals surface area contributed by atoms with E-state index in [1.54, 1.807) is 45.0 Å². The number of benzene rings is 1. The number of amides is 3. The number of hydrogen-bond acceptors (Lipinski definition) is 9. The fourth-order valence-corrected chi connectivity index (χ4v) is 5.64. The molecule has 2 N–H and O–H groups in total. The maximum Gasteiger partial charge on any atom is 0.412 e. The molecule has 12 heteroatoms. The summed E-state index contributed by atoms with van der Waals surface area (Å²) in [6.45, 7) is 11.5. The Balaban J connectivity index is 1.18. The molecule has 2 saturated heterocycles. The van der Waals surface area contributed by atoms with Gasteiger partial charge in [-0.2, -0.15) is 0 Å². The van der Waals surface area contributed by atoms with Crippen LogP contribution in [0.25, 0.3) is 11.4 Å². The number of morpholine rings is 1. The van der Waals surface area contributed by atoms with Crippen molar-refractivity contribution in [1.29, 1.82) is 0 Å². The number of rotatable bonds is 6. The number of pyridine rings is 1. The molecule has 2 aliphatic rings. The quantitative estimate of drug-likeness (QED) is 0.409. The summed E-state index contributed by atoms with van der Waals surface area (Å²) in [7, 11) is 0. The highest BCUT2D eigenvalue weighted by Crippen LogP contribution is 2.28. The van der Waals surface area contributed by atoms with Crippen LogP contribution in [0.15, 0.2) is 47.8 Å². The van der Waals surface area contributed by atoms with E-state index in [0.717, 1.165) is 24.6 Å². The van der Waals surface area contributed by atoms with Crippen LogP contribution in [0.5, 0.6) is 0 Å². The molecule has 0 radical (unpaired) electrons. The van der Waals surface area contributed by atoms with E-state index in [-0.39, 0.29) is 24.0 Å². The third kappa shape index (κ3) is 7.05. The van der Waals surface area contributed by atoms with Gasteiger partial charge in [-0.3, -0.25) is 14.9 Å². The average molecular weight is 593 g/mol. The molecule has 5 rings (SSSR count). The lowest BCUT2D eigenvalue weighted by molar-refractivity contribution is -0.123. The second-order valence-corrected chi connectivity index (χ2v) is 12.4. The molecule has 3 atom stereocenters. The van der Waals surface area contributed by atoms with Crippen LogP contribution in [0.4, 0.5) is 21.4 Å². The van der Waals surface area contributed by atoms with Crippen LogP contribution in [0, 0.1) is 0 Å². The minimum atomic E-state index is -0.615. The molecule has 0 spiro atoms. The van der Waals surface area contributed by atoms with Crippen LogP contribution >= 0.6 is 11.3 Å². The number of thiazole rings is 1. The number of likely N-dealkylation sites (tertiary alicyclic amines) is 1. The minimum Gasteiger partial charge on any atom is -0.444 e. The molecule has 2 aliphatic heterocycles. The molecular formula is C30H36N6O5S. The molecule has 3 amide bonds. The second kappa shape index (κ2) is 12.1. The molecule has 222 valence electrons. The Kier molecular flexibility index (Phi) is 8.46. The van der Waals surface area contributed by atoms with Crippen molar-refractivity contribution in [2.45, 2.75) is 64.9 Å². The maximum atomic E-state index is 13.1. The SMILES string of the molecule is C[C@@H]1CN(c2cccc(-c3csc(NC(=O)[C@@H]4CCN4C(=O)c4ccc(NC(=O)OC(C)(C)C)cc4)n3)n2)C[C@H](C)O1. The summed E-state index contributed by atoms with van der Waals surface area (Å²) in [5.74, 6) is 0.333. The molecule has 11 nitrogen and oxygen atoms in total. The van der Waals surface area contributed by atoms with E-state index < -0.39 is 17.7 Å². The fourth-order valence-electron chi connectivity index (χ4n) is 4.93. The second-order valence-electron chi connectivity index (χ2n) is 11.6. The number of carbonyl (C=O) groups excluding carboxylic acids is 3. The van der Waals surface area contributed by atoms with Crippen molar-refractivity contribution in [3.05, 3.63) is 53.4 Å². The van der Waals surface area contributed by atoms with Gasteiger partial charge in [0.25, 0.3) is 5.91 Å². The number of nitrogens with one attached hydrogen (secondary N) is 2. The van der Waals surface area contributed by atoms with Crippen LogP contribution in [-0.4, -0.2) is 76.3 Å². The fraction of sp³-hybridized carbons (Fsp3) is 0.433. The van der Waals surface area contributed by atoms with Gasteiger partial charge in [-0.15, -0.1) is 11.3 Å². The number of carbonyl (C=O) groups is 3. The largest absolute Gasteiger partial charge is 0.444 e. The smallest absolute Gasteiger partial charge is 0.412 e. The first-order valence-electron chi connectivity index (χ1n) is 14.0. The van der Waals surface area contributed by atoms with E-state index in [1.165, 1.54) is 16.2 Å². The average Bonchev–Trinajstić information content (AvgIpc) is 3.35. The predicted octanol–water partition coefficient (Wildman–Crippen LogP) is 5.02. The zero-order valence-electron chi connectivity index (χ0n) is 24.4. The molecular weight excluding hydrogens is 556 g/mol. The molecule has 0 saturated carbocycles. The molecule has 4 heterocycles. The monoisotopic (exact) mass is 592 g/mol. The standard InChI is InChI=1S/C30H36N6O5S/c1-18-15-35(16-19(2)40-18)25-8-6-7-22(32-25)23-17-42-28(33-23)34-26(37)24-13-14-36(24)27(38)20-9-11-21(12-10-20)31-29(39)41-30(3,4)5/h6-12,17-19,24H,13-16H2,1-5H3,(H,31,39)(H,33,34,37)/t18-,19+,24-/m0/s1. The predicted molar refractivity (Wildman–Crippen MR) is 162 cm³/mol. The number of aromatic nitrogens is 2. The van der Waals surface area contributed by atoms with E-state index in [1.807, 2.05) is 23.6 Å². The van der Waals surface area contributed by atoms with Crippen LogP contribution < -0.4 is 15.5 Å². The van der Waals surface area contributed by atoms with Crippen molar-refractivity contribution in [3.8, 4) is 11.4 Å². The summed E-state index contributed by atoms with van der Waals surface area (Å²) < 4.78 is 11.1. The van der Waals surface area contributed by atoms with Gasteiger partial charge < -0.3 is 24.6 Å². The first-order chi connectivity index (χ1) is 19.9. The third-order valence-corrected chi connectivity index (χ3v) is 7.59. The van der Waals surface area contributed by atoms with Gasteiger partial charge in [0.2, 0.25) is 5.91 Å². The van der Waals surface area contributed by atoms with Gasteiger partial charge in [-0.25, -0.2) is 14.8 Å². The highest BCUT2D eigenvalue weighted by Gasteiger charge is 2.38. The molecule has 3 aromatic rings.